The van der Waals surface area contributed by atoms with Gasteiger partial charge in [0.2, 0.25) is 0 Å². The van der Waals surface area contributed by atoms with Gasteiger partial charge < -0.3 is 10.4 Å². The van der Waals surface area contributed by atoms with Gasteiger partial charge >= 0.3 is 30.7 Å². The molecule has 1 aliphatic carbocycles. The Morgan fingerprint density at radius 3 is 2.40 bits per heavy atom. The monoisotopic (exact) mass is 561 g/mol. The minimum atomic E-state index is -1.04. The summed E-state index contributed by atoms with van der Waals surface area (Å²) in [6.07, 6.45) is 10.5. The number of benzene rings is 2. The zero-order chi connectivity index (χ0) is 28.4. The van der Waals surface area contributed by atoms with E-state index in [2.05, 4.69) is 19.3 Å². The molecule has 6 nitrogen and oxygen atoms in total. The number of nitrogens with one attached hydrogen (secondary N) is 1. The van der Waals surface area contributed by atoms with E-state index >= 15 is 0 Å². The van der Waals surface area contributed by atoms with Gasteiger partial charge in [0.15, 0.2) is 0 Å². The second-order valence-corrected chi connectivity index (χ2v) is 12.0. The first-order chi connectivity index (χ1) is 18.7. The van der Waals surface area contributed by atoms with Crippen LogP contribution in [0.25, 0.3) is 11.1 Å². The Hall–Kier alpha value is -2.04. The predicted molar refractivity (Wildman–Crippen MR) is 167 cm³/mol. The van der Waals surface area contributed by atoms with Gasteiger partial charge in [0.05, 0.1) is 26.1 Å². The van der Waals surface area contributed by atoms with Crippen molar-refractivity contribution in [1.82, 2.24) is 5.32 Å². The van der Waals surface area contributed by atoms with Crippen LogP contribution in [-0.2, 0) is 16.0 Å². The van der Waals surface area contributed by atoms with Gasteiger partial charge in [0, 0.05) is 5.56 Å². The van der Waals surface area contributed by atoms with Gasteiger partial charge in [-0.05, 0) is 91.8 Å². The van der Waals surface area contributed by atoms with E-state index in [1.807, 2.05) is 49.6 Å². The van der Waals surface area contributed by atoms with E-state index in [1.165, 1.54) is 19.3 Å². The summed E-state index contributed by atoms with van der Waals surface area (Å²) >= 11 is 1.55. The van der Waals surface area contributed by atoms with E-state index < -0.39 is 17.9 Å². The van der Waals surface area contributed by atoms with E-state index in [1.54, 1.807) is 17.8 Å². The maximum absolute atomic E-state index is 13.9. The number of carbonyl (C=O) groups is 3. The molecule has 8 heteroatoms. The zero-order valence-electron chi connectivity index (χ0n) is 24.0. The summed E-state index contributed by atoms with van der Waals surface area (Å²) in [4.78, 5) is 39.1. The van der Waals surface area contributed by atoms with Crippen molar-refractivity contribution in [1.29, 1.82) is 0 Å². The van der Waals surface area contributed by atoms with Crippen LogP contribution in [0.2, 0.25) is 0 Å². The Labute approximate surface area is 256 Å². The third-order valence-electron chi connectivity index (χ3n) is 8.26. The SMILES string of the molecule is CCCC[N+](C)(C(=O)Cc1ccc(C(=O)N[C@@H](CCSC)C(=O)O)c(-c2ccccc2C)c1)C1CCCCC1.[LiH]. The van der Waals surface area contributed by atoms with Gasteiger partial charge in [-0.25, -0.2) is 9.59 Å². The minimum absolute atomic E-state index is 0. The van der Waals surface area contributed by atoms with Crippen LogP contribution in [0.15, 0.2) is 42.5 Å². The van der Waals surface area contributed by atoms with Crippen LogP contribution in [0, 0.1) is 6.92 Å². The second-order valence-electron chi connectivity index (χ2n) is 11.0. The second kappa shape index (κ2) is 16.4. The van der Waals surface area contributed by atoms with Crippen molar-refractivity contribution in [2.24, 2.45) is 0 Å². The van der Waals surface area contributed by atoms with Gasteiger partial charge in [-0.3, -0.25) is 9.28 Å². The average molecular weight is 562 g/mol. The number of carboxylic acid groups (broad SMARTS) is 1. The normalized spacial score (nSPS) is 15.9. The van der Waals surface area contributed by atoms with Crippen molar-refractivity contribution < 1.29 is 24.0 Å². The molecule has 2 atom stereocenters. The molecular weight excluding hydrogens is 515 g/mol. The number of likely N-dealkylation sites (N-methyl/N-ethyl adjacent to an activating group) is 1. The number of aliphatic carboxylic acids is 1. The number of amides is 2. The number of hydrogen-bond acceptors (Lipinski definition) is 4. The van der Waals surface area contributed by atoms with Crippen molar-refractivity contribution in [3.05, 3.63) is 59.2 Å². The van der Waals surface area contributed by atoms with E-state index in [-0.39, 0.29) is 24.8 Å². The summed E-state index contributed by atoms with van der Waals surface area (Å²) in [5.74, 6) is -0.584. The molecule has 2 aromatic rings. The van der Waals surface area contributed by atoms with Gasteiger partial charge in [-0.1, -0.05) is 50.1 Å². The number of aryl methyl sites for hydroxylation is 1. The summed E-state index contributed by atoms with van der Waals surface area (Å²) in [6, 6.07) is 12.8. The van der Waals surface area contributed by atoms with Crippen LogP contribution in [0.1, 0.15) is 79.8 Å². The van der Waals surface area contributed by atoms with Crippen LogP contribution in [-0.4, -0.2) is 83.9 Å². The molecule has 2 amide bonds. The first kappa shape index (κ1) is 34.2. The first-order valence-corrected chi connectivity index (χ1v) is 15.7. The third-order valence-corrected chi connectivity index (χ3v) is 8.90. The van der Waals surface area contributed by atoms with Crippen LogP contribution in [0.3, 0.4) is 0 Å². The summed E-state index contributed by atoms with van der Waals surface area (Å²) < 4.78 is 0.478. The molecule has 214 valence electrons. The molecule has 0 bridgehead atoms. The molecule has 0 spiro atoms. The van der Waals surface area contributed by atoms with E-state index in [0.29, 0.717) is 34.7 Å². The molecule has 3 rings (SSSR count). The standard InChI is InChI=1S/C32H44N2O4S.Li.H/c1-5-6-19-34(3,25-13-8-7-9-14-25)30(35)22-24-16-17-27(28(21-24)26-15-11-10-12-23(26)2)31(36)33-29(32(37)38)18-20-39-4;;/h10-12,15-17,21,25,29H,5-9,13-14,18-20,22H2,1-4H3,(H-,33,36,37,38);;/p+1/t29-,34?;;/m0../s1. The Kier molecular flexibility index (Phi) is 14.0. The van der Waals surface area contributed by atoms with Crippen LogP contribution < -0.4 is 5.32 Å². The first-order valence-electron chi connectivity index (χ1n) is 14.3. The van der Waals surface area contributed by atoms with E-state index in [0.717, 1.165) is 54.5 Å². The summed E-state index contributed by atoms with van der Waals surface area (Å²) in [5.41, 5.74) is 3.95. The van der Waals surface area contributed by atoms with E-state index in [9.17, 15) is 19.5 Å². The fraction of sp³-hybridized carbons (Fsp3) is 0.531. The van der Waals surface area contributed by atoms with Crippen LogP contribution >= 0.6 is 11.8 Å². The zero-order valence-corrected chi connectivity index (χ0v) is 24.8. The number of unbranched alkanes of at least 4 members (excludes halogenated alkanes) is 1. The quantitative estimate of drug-likeness (QED) is 0.246. The molecular formula is C32H46LiN2O4S+. The van der Waals surface area contributed by atoms with Crippen molar-refractivity contribution in [2.75, 3.05) is 25.6 Å². The molecule has 1 unspecified atom stereocenters. The van der Waals surface area contributed by atoms with Crippen LogP contribution in [0.4, 0.5) is 0 Å². The van der Waals surface area contributed by atoms with Crippen molar-refractivity contribution in [2.45, 2.75) is 83.7 Å². The molecule has 0 aliphatic heterocycles. The number of thioether (sulfide) groups is 1. The molecule has 0 radical (unpaired) electrons. The summed E-state index contributed by atoms with van der Waals surface area (Å²) in [5, 5.41) is 12.4. The molecule has 0 heterocycles. The fourth-order valence-electron chi connectivity index (χ4n) is 5.73. The number of carbonyl (C=O) groups excluding carboxylic acids is 2. The average Bonchev–Trinajstić information content (AvgIpc) is 2.94. The molecule has 1 fully saturated rings. The van der Waals surface area contributed by atoms with E-state index in [4.69, 9.17) is 0 Å². The molecule has 0 aromatic heterocycles. The molecule has 1 saturated carbocycles. The molecule has 40 heavy (non-hydrogen) atoms. The van der Waals surface area contributed by atoms with Crippen LogP contribution in [0.5, 0.6) is 0 Å². The third kappa shape index (κ3) is 8.73. The number of nitrogens with zero attached hydrogens (tertiary/aromatic N) is 1. The Bertz CT molecular complexity index is 1150. The van der Waals surface area contributed by atoms with Gasteiger partial charge in [0.1, 0.15) is 6.04 Å². The molecule has 2 N–H and O–H groups in total. The molecule has 2 aromatic carbocycles. The van der Waals surface area contributed by atoms with Gasteiger partial charge in [-0.2, -0.15) is 11.8 Å². The fourth-order valence-corrected chi connectivity index (χ4v) is 6.20. The number of hydrogen-bond donors (Lipinski definition) is 2. The van der Waals surface area contributed by atoms with Crippen molar-refractivity contribution in [3.8, 4) is 11.1 Å². The topological polar surface area (TPSA) is 83.5 Å². The predicted octanol–water partition coefficient (Wildman–Crippen LogP) is 5.60. The van der Waals surface area contributed by atoms with Gasteiger partial charge in [-0.15, -0.1) is 0 Å². The Morgan fingerprint density at radius 1 is 1.07 bits per heavy atom. The Morgan fingerprint density at radius 2 is 1.77 bits per heavy atom. The summed E-state index contributed by atoms with van der Waals surface area (Å²) in [6.45, 7) is 5.02. The van der Waals surface area contributed by atoms with Crippen molar-refractivity contribution in [3.63, 3.8) is 0 Å². The van der Waals surface area contributed by atoms with Gasteiger partial charge in [0.25, 0.3) is 5.91 Å². The van der Waals surface area contributed by atoms with Crippen molar-refractivity contribution >= 4 is 48.4 Å². The summed E-state index contributed by atoms with van der Waals surface area (Å²) in [7, 11) is 2.12. The Balaban J connectivity index is 0.00000560. The molecule has 1 aliphatic rings. The molecule has 0 saturated heterocycles. The number of carboxylic acids is 1. The maximum atomic E-state index is 13.9. The number of rotatable bonds is 13. The number of quaternary nitrogens is 1.